The average Bonchev–Trinajstić information content (AvgIpc) is 2.28. The first-order chi connectivity index (χ1) is 8.06. The number of hydrogen-bond donors (Lipinski definition) is 3. The molecule has 4 N–H and O–H groups in total. The maximum absolute atomic E-state index is 11.1. The molecule has 0 spiro atoms. The Morgan fingerprint density at radius 1 is 1.47 bits per heavy atom. The van der Waals surface area contributed by atoms with Crippen LogP contribution in [0.4, 0.5) is 5.69 Å². The maximum Gasteiger partial charge on any atom is 0.335 e. The number of carboxylic acid groups (broad SMARTS) is 1. The summed E-state index contributed by atoms with van der Waals surface area (Å²) in [5.41, 5.74) is 5.93. The number of carbonyl (C=O) groups excluding carboxylic acids is 1. The summed E-state index contributed by atoms with van der Waals surface area (Å²) in [4.78, 5) is 21.9. The molecule has 0 saturated carbocycles. The highest BCUT2D eigenvalue weighted by Gasteiger charge is 2.11. The van der Waals surface area contributed by atoms with Crippen molar-refractivity contribution in [3.63, 3.8) is 0 Å². The Bertz CT molecular complexity index is 431. The lowest BCUT2D eigenvalue weighted by Gasteiger charge is -2.10. The highest BCUT2D eigenvalue weighted by molar-refractivity contribution is 6.00. The van der Waals surface area contributed by atoms with Crippen LogP contribution in [0.5, 0.6) is 0 Å². The molecule has 0 atom stereocenters. The van der Waals surface area contributed by atoms with Crippen molar-refractivity contribution in [1.29, 1.82) is 0 Å². The van der Waals surface area contributed by atoms with E-state index in [1.54, 1.807) is 7.11 Å². The van der Waals surface area contributed by atoms with Gasteiger partial charge in [0.15, 0.2) is 0 Å². The summed E-state index contributed by atoms with van der Waals surface area (Å²) >= 11 is 0. The van der Waals surface area contributed by atoms with Gasteiger partial charge in [-0.25, -0.2) is 4.79 Å². The second-order valence-electron chi connectivity index (χ2n) is 3.35. The molecular formula is C11H14N2O4. The van der Waals surface area contributed by atoms with E-state index in [-0.39, 0.29) is 11.1 Å². The zero-order valence-corrected chi connectivity index (χ0v) is 9.40. The van der Waals surface area contributed by atoms with Crippen LogP contribution < -0.4 is 11.1 Å². The minimum atomic E-state index is -1.06. The molecular weight excluding hydrogens is 224 g/mol. The fourth-order valence-electron chi connectivity index (χ4n) is 1.33. The van der Waals surface area contributed by atoms with Crippen LogP contribution in [-0.2, 0) is 4.74 Å². The van der Waals surface area contributed by atoms with Gasteiger partial charge in [-0.1, -0.05) is 0 Å². The quantitative estimate of drug-likeness (QED) is 0.628. The number of anilines is 1. The summed E-state index contributed by atoms with van der Waals surface area (Å²) in [6.07, 6.45) is 0. The lowest BCUT2D eigenvalue weighted by atomic mass is 10.1. The highest BCUT2D eigenvalue weighted by Crippen LogP contribution is 2.17. The number of rotatable bonds is 6. The molecule has 0 unspecified atom stereocenters. The van der Waals surface area contributed by atoms with E-state index in [2.05, 4.69) is 5.32 Å². The van der Waals surface area contributed by atoms with Gasteiger partial charge >= 0.3 is 5.97 Å². The minimum Gasteiger partial charge on any atom is -0.478 e. The monoisotopic (exact) mass is 238 g/mol. The second-order valence-corrected chi connectivity index (χ2v) is 3.35. The van der Waals surface area contributed by atoms with E-state index in [4.69, 9.17) is 15.6 Å². The number of carboxylic acids is 1. The molecule has 0 saturated heterocycles. The van der Waals surface area contributed by atoms with Crippen LogP contribution in [-0.4, -0.2) is 37.2 Å². The average molecular weight is 238 g/mol. The number of aromatic carboxylic acids is 1. The van der Waals surface area contributed by atoms with Gasteiger partial charge in [-0.15, -0.1) is 0 Å². The largest absolute Gasteiger partial charge is 0.478 e. The van der Waals surface area contributed by atoms with E-state index in [1.165, 1.54) is 18.2 Å². The molecule has 6 heteroatoms. The predicted molar refractivity (Wildman–Crippen MR) is 62.3 cm³/mol. The van der Waals surface area contributed by atoms with Crippen LogP contribution in [0.15, 0.2) is 18.2 Å². The third-order valence-electron chi connectivity index (χ3n) is 2.15. The third-order valence-corrected chi connectivity index (χ3v) is 2.15. The standard InChI is InChI=1S/C11H14N2O4/c1-17-5-4-13-9-6-7(11(15)16)2-3-8(9)10(12)14/h2-3,6,13H,4-5H2,1H3,(H2,12,14)(H,15,16). The second kappa shape index (κ2) is 5.86. The van der Waals surface area contributed by atoms with Gasteiger partial charge in [0.2, 0.25) is 0 Å². The molecule has 0 aliphatic carbocycles. The Kier molecular flexibility index (Phi) is 4.47. The van der Waals surface area contributed by atoms with Gasteiger partial charge in [0.1, 0.15) is 0 Å². The molecule has 0 aliphatic heterocycles. The molecule has 92 valence electrons. The molecule has 0 radical (unpaired) electrons. The van der Waals surface area contributed by atoms with Crippen molar-refractivity contribution in [2.24, 2.45) is 5.73 Å². The Morgan fingerprint density at radius 3 is 2.71 bits per heavy atom. The fourth-order valence-corrected chi connectivity index (χ4v) is 1.33. The number of ether oxygens (including phenoxy) is 1. The van der Waals surface area contributed by atoms with Crippen LogP contribution in [0, 0.1) is 0 Å². The van der Waals surface area contributed by atoms with Crippen molar-refractivity contribution in [2.75, 3.05) is 25.6 Å². The molecule has 6 nitrogen and oxygen atoms in total. The summed E-state index contributed by atoms with van der Waals surface area (Å²) in [6, 6.07) is 4.10. The fraction of sp³-hybridized carbons (Fsp3) is 0.273. The summed E-state index contributed by atoms with van der Waals surface area (Å²) in [5, 5.41) is 11.7. The number of methoxy groups -OCH3 is 1. The number of carbonyl (C=O) groups is 2. The van der Waals surface area contributed by atoms with Gasteiger partial charge in [-0.05, 0) is 18.2 Å². The first-order valence-electron chi connectivity index (χ1n) is 4.96. The maximum atomic E-state index is 11.1. The van der Waals surface area contributed by atoms with Crippen molar-refractivity contribution in [3.05, 3.63) is 29.3 Å². The Labute approximate surface area is 98.4 Å². The lowest BCUT2D eigenvalue weighted by molar-refractivity contribution is 0.0696. The summed E-state index contributed by atoms with van der Waals surface area (Å²) in [5.74, 6) is -1.67. The number of benzene rings is 1. The van der Waals surface area contributed by atoms with Gasteiger partial charge in [-0.2, -0.15) is 0 Å². The molecule has 1 rings (SSSR count). The van der Waals surface area contributed by atoms with Crippen molar-refractivity contribution >= 4 is 17.6 Å². The number of primary amides is 1. The molecule has 17 heavy (non-hydrogen) atoms. The van der Waals surface area contributed by atoms with Crippen molar-refractivity contribution in [3.8, 4) is 0 Å². The molecule has 0 aliphatic rings. The molecule has 0 fully saturated rings. The Morgan fingerprint density at radius 2 is 2.18 bits per heavy atom. The first-order valence-corrected chi connectivity index (χ1v) is 4.96. The Balaban J connectivity index is 2.98. The number of nitrogens with two attached hydrogens (primary N) is 1. The first kappa shape index (κ1) is 13.0. The molecule has 1 aromatic carbocycles. The van der Waals surface area contributed by atoms with Crippen LogP contribution in [0.2, 0.25) is 0 Å². The van der Waals surface area contributed by atoms with E-state index in [0.717, 1.165) is 0 Å². The van der Waals surface area contributed by atoms with Crippen LogP contribution >= 0.6 is 0 Å². The normalized spacial score (nSPS) is 9.94. The smallest absolute Gasteiger partial charge is 0.335 e. The van der Waals surface area contributed by atoms with E-state index < -0.39 is 11.9 Å². The predicted octanol–water partition coefficient (Wildman–Crippen LogP) is 0.542. The van der Waals surface area contributed by atoms with Crippen molar-refractivity contribution in [2.45, 2.75) is 0 Å². The van der Waals surface area contributed by atoms with Gasteiger partial charge in [0.25, 0.3) is 5.91 Å². The third kappa shape index (κ3) is 3.46. The number of nitrogens with one attached hydrogen (secondary N) is 1. The SMILES string of the molecule is COCCNc1cc(C(=O)O)ccc1C(N)=O. The van der Waals surface area contributed by atoms with E-state index >= 15 is 0 Å². The molecule has 0 heterocycles. The molecule has 0 aromatic heterocycles. The van der Waals surface area contributed by atoms with E-state index in [1.807, 2.05) is 0 Å². The van der Waals surface area contributed by atoms with E-state index in [0.29, 0.717) is 18.8 Å². The number of amides is 1. The van der Waals surface area contributed by atoms with Gasteiger partial charge in [-0.3, -0.25) is 4.79 Å². The summed E-state index contributed by atoms with van der Waals surface area (Å²) in [7, 11) is 1.55. The van der Waals surface area contributed by atoms with Crippen LogP contribution in [0.25, 0.3) is 0 Å². The molecule has 0 bridgehead atoms. The topological polar surface area (TPSA) is 102 Å². The number of hydrogen-bond acceptors (Lipinski definition) is 4. The van der Waals surface area contributed by atoms with Gasteiger partial charge in [0, 0.05) is 19.3 Å². The molecule has 1 amide bonds. The minimum absolute atomic E-state index is 0.0925. The van der Waals surface area contributed by atoms with E-state index in [9.17, 15) is 9.59 Å². The Hall–Kier alpha value is -2.08. The zero-order chi connectivity index (χ0) is 12.8. The lowest BCUT2D eigenvalue weighted by Crippen LogP contribution is -2.17. The highest BCUT2D eigenvalue weighted by atomic mass is 16.5. The van der Waals surface area contributed by atoms with Gasteiger partial charge < -0.3 is 20.9 Å². The van der Waals surface area contributed by atoms with Crippen LogP contribution in [0.3, 0.4) is 0 Å². The zero-order valence-electron chi connectivity index (χ0n) is 9.40. The van der Waals surface area contributed by atoms with Crippen molar-refractivity contribution < 1.29 is 19.4 Å². The summed E-state index contributed by atoms with van der Waals surface area (Å²) in [6.45, 7) is 0.898. The molecule has 1 aromatic rings. The van der Waals surface area contributed by atoms with Crippen LogP contribution in [0.1, 0.15) is 20.7 Å². The van der Waals surface area contributed by atoms with Gasteiger partial charge in [0.05, 0.1) is 17.7 Å². The van der Waals surface area contributed by atoms with Crippen molar-refractivity contribution in [1.82, 2.24) is 0 Å². The summed E-state index contributed by atoms with van der Waals surface area (Å²) < 4.78 is 4.85.